The van der Waals surface area contributed by atoms with Gasteiger partial charge in [-0.3, -0.25) is 28.0 Å². The number of aliphatic hydroxyl groups is 1. The van der Waals surface area contributed by atoms with Crippen LogP contribution in [0.2, 0.25) is 0 Å². The third-order valence-electron chi connectivity index (χ3n) is 7.66. The summed E-state index contributed by atoms with van der Waals surface area (Å²) in [5.41, 5.74) is 11.7. The topological polar surface area (TPSA) is 272 Å². The highest BCUT2D eigenvalue weighted by atomic mass is 32.7. The highest BCUT2D eigenvalue weighted by Gasteiger charge is 2.52. The van der Waals surface area contributed by atoms with Crippen molar-refractivity contribution in [3.8, 4) is 0 Å². The van der Waals surface area contributed by atoms with E-state index in [0.29, 0.717) is 11.2 Å². The lowest BCUT2D eigenvalue weighted by Crippen LogP contribution is -2.35. The molecule has 3 unspecified atom stereocenters. The smallest absolute Gasteiger partial charge is 0.386 e. The maximum atomic E-state index is 13.6. The fraction of sp³-hybridized carbons (Fsp3) is 0.524. The molecule has 0 radical (unpaired) electrons. The molecule has 24 heteroatoms. The Hall–Kier alpha value is -2.59. The van der Waals surface area contributed by atoms with E-state index < -0.39 is 81.2 Å². The first kappa shape index (κ1) is 31.0. The number of fused-ring (bicyclic) bond motifs is 5. The summed E-state index contributed by atoms with van der Waals surface area (Å²) >= 11 is 9.46. The Morgan fingerprint density at radius 1 is 1.00 bits per heavy atom. The van der Waals surface area contributed by atoms with Gasteiger partial charge in [-0.25, -0.2) is 24.5 Å². The van der Waals surface area contributed by atoms with Crippen LogP contribution in [-0.2, 0) is 43.9 Å². The van der Waals surface area contributed by atoms with Crippen LogP contribution in [0.5, 0.6) is 0 Å². The van der Waals surface area contributed by atoms with Crippen molar-refractivity contribution in [2.45, 2.75) is 49.9 Å². The van der Waals surface area contributed by atoms with Gasteiger partial charge in [-0.1, -0.05) is 19.2 Å². The third-order valence-corrected chi connectivity index (χ3v) is 10.8. The molecule has 3 saturated heterocycles. The molecule has 2 bridgehead atoms. The van der Waals surface area contributed by atoms with Crippen molar-refractivity contribution < 1.29 is 42.1 Å². The van der Waals surface area contributed by atoms with E-state index in [0.717, 1.165) is 0 Å². The fourth-order valence-corrected chi connectivity index (χ4v) is 8.55. The number of nitrogen functional groups attached to an aromatic ring is 2. The maximum Gasteiger partial charge on any atom is 0.386 e. The van der Waals surface area contributed by atoms with E-state index in [1.54, 1.807) is 11.5 Å². The van der Waals surface area contributed by atoms with Crippen LogP contribution in [-0.4, -0.2) is 92.8 Å². The molecule has 3 fully saturated rings. The number of ether oxygens (including phenoxy) is 2. The minimum atomic E-state index is -4.29. The van der Waals surface area contributed by atoms with Crippen LogP contribution >= 0.6 is 25.8 Å². The van der Waals surface area contributed by atoms with Gasteiger partial charge in [0, 0.05) is 5.92 Å². The molecule has 20 nitrogen and oxygen atoms in total. The number of anilines is 2. The molecule has 0 spiro atoms. The third kappa shape index (κ3) is 5.57. The minimum absolute atomic E-state index is 0.00321. The zero-order valence-corrected chi connectivity index (χ0v) is 26.5. The summed E-state index contributed by atoms with van der Waals surface area (Å²) in [7, 11) is 0. The molecule has 0 saturated carbocycles. The minimum Gasteiger partial charge on any atom is -0.387 e. The van der Waals surface area contributed by atoms with Gasteiger partial charge in [-0.15, -0.1) is 0 Å². The van der Waals surface area contributed by atoms with Crippen LogP contribution in [0.3, 0.4) is 0 Å². The van der Waals surface area contributed by atoms with E-state index in [9.17, 15) is 19.4 Å². The van der Waals surface area contributed by atoms with Crippen LogP contribution < -0.4 is 17.0 Å². The van der Waals surface area contributed by atoms with E-state index in [1.807, 2.05) is 0 Å². The number of nitrogens with one attached hydrogen (secondary N) is 1. The van der Waals surface area contributed by atoms with Crippen molar-refractivity contribution in [3.63, 3.8) is 0 Å². The average molecular weight is 705 g/mol. The van der Waals surface area contributed by atoms with Crippen molar-refractivity contribution in [1.29, 1.82) is 0 Å². The van der Waals surface area contributed by atoms with Crippen LogP contribution in [0.25, 0.3) is 22.3 Å². The van der Waals surface area contributed by atoms with E-state index in [1.165, 1.54) is 23.5 Å². The Morgan fingerprint density at radius 3 is 2.47 bits per heavy atom. The molecule has 7 N–H and O–H groups in total. The highest BCUT2D eigenvalue weighted by molar-refractivity contribution is 8.44. The predicted octanol–water partition coefficient (Wildman–Crippen LogP) is -0.0124. The second-order valence-corrected chi connectivity index (χ2v) is 16.2. The molecule has 0 aromatic carbocycles. The van der Waals surface area contributed by atoms with Crippen LogP contribution in [0.15, 0.2) is 23.8 Å². The Balaban J connectivity index is 1.21. The van der Waals surface area contributed by atoms with Gasteiger partial charge in [0.2, 0.25) is 5.95 Å². The summed E-state index contributed by atoms with van der Waals surface area (Å²) in [6.07, 6.45) is -4.14. The second-order valence-electron chi connectivity index (χ2n) is 10.5. The summed E-state index contributed by atoms with van der Waals surface area (Å²) in [4.78, 5) is 46.4. The summed E-state index contributed by atoms with van der Waals surface area (Å²) in [6.45, 7) is -7.42. The normalized spacial score (nSPS) is 37.7. The van der Waals surface area contributed by atoms with Crippen molar-refractivity contribution in [2.24, 2.45) is 5.92 Å². The first-order valence-corrected chi connectivity index (χ1v) is 18.6. The van der Waals surface area contributed by atoms with Gasteiger partial charge < -0.3 is 40.0 Å². The predicted molar refractivity (Wildman–Crippen MR) is 160 cm³/mol. The molecule has 0 amide bonds. The number of nitrogens with two attached hydrogens (primary N) is 2. The van der Waals surface area contributed by atoms with E-state index in [-0.39, 0.29) is 22.9 Å². The van der Waals surface area contributed by atoms with E-state index in [4.69, 9.17) is 50.8 Å². The Morgan fingerprint density at radius 2 is 1.69 bits per heavy atom. The van der Waals surface area contributed by atoms with Crippen molar-refractivity contribution in [1.82, 2.24) is 39.0 Å². The van der Waals surface area contributed by atoms with Crippen LogP contribution in [0.4, 0.5) is 11.8 Å². The van der Waals surface area contributed by atoms with Gasteiger partial charge >= 0.3 is 13.5 Å². The molecule has 45 heavy (non-hydrogen) atoms. The quantitative estimate of drug-likeness (QED) is 0.118. The van der Waals surface area contributed by atoms with E-state index in [2.05, 4.69) is 42.2 Å². The molecule has 4 aromatic heterocycles. The SMILES string of the molecule is C[C@@H]1[C@@H]2OP(O)(=S)OCC3O[C@@H](n4cnc5c(=O)[nH]c(N)nc54)[C@H](OP(=O)(S)OC[C@H]2O[C@H]1n1cnc2c(N)ncnc21)[C@@H]3O. The van der Waals surface area contributed by atoms with Gasteiger partial charge in [-0.2, -0.15) is 4.98 Å². The summed E-state index contributed by atoms with van der Waals surface area (Å²) in [6, 6.07) is 0. The molecule has 3 aliphatic heterocycles. The number of hydrogen-bond acceptors (Lipinski definition) is 17. The number of rotatable bonds is 2. The number of hydrogen-bond donors (Lipinski definition) is 6. The van der Waals surface area contributed by atoms with Crippen LogP contribution in [0.1, 0.15) is 19.4 Å². The lowest BCUT2D eigenvalue weighted by atomic mass is 10.0. The first-order valence-electron chi connectivity index (χ1n) is 13.3. The average Bonchev–Trinajstić information content (AvgIpc) is 3.72. The number of imidazole rings is 2. The fourth-order valence-electron chi connectivity index (χ4n) is 5.58. The van der Waals surface area contributed by atoms with Gasteiger partial charge in [0.25, 0.3) is 5.56 Å². The molecular weight excluding hydrogens is 678 g/mol. The zero-order valence-electron chi connectivity index (χ0n) is 23.0. The van der Waals surface area contributed by atoms with Gasteiger partial charge in [0.05, 0.1) is 25.9 Å². The molecule has 7 rings (SSSR count). The number of nitrogens with zero attached hydrogens (tertiary/aromatic N) is 7. The van der Waals surface area contributed by atoms with Crippen LogP contribution in [0, 0.1) is 5.92 Å². The van der Waals surface area contributed by atoms with Gasteiger partial charge in [0.1, 0.15) is 48.6 Å². The monoisotopic (exact) mass is 704 g/mol. The Bertz CT molecular complexity index is 1940. The van der Waals surface area contributed by atoms with Gasteiger partial charge in [0.15, 0.2) is 28.9 Å². The largest absolute Gasteiger partial charge is 0.387 e. The maximum absolute atomic E-state index is 13.6. The molecule has 4 aromatic rings. The summed E-state index contributed by atoms with van der Waals surface area (Å²) in [5.74, 6) is -0.547. The Labute approximate surface area is 262 Å². The number of H-pyrrole nitrogens is 1. The zero-order chi connectivity index (χ0) is 31.8. The van der Waals surface area contributed by atoms with Crippen molar-refractivity contribution in [3.05, 3.63) is 29.3 Å². The lowest BCUT2D eigenvalue weighted by molar-refractivity contribution is -0.0583. The van der Waals surface area contributed by atoms with Gasteiger partial charge in [-0.05, 0) is 11.8 Å². The van der Waals surface area contributed by atoms with Crippen molar-refractivity contribution >= 4 is 71.7 Å². The standard InChI is InChI=1S/C21H26N10O10P2S2/c1-7-13-9(39-19(7)30-5-26-10-15(22)24-4-25-16(10)30)3-37-43(35,45)41-14-12(32)8(2-36-42(34,44)40-13)38-20(14)31-6-27-11-17(31)28-21(23)29-18(11)33/h4-9,12-14,19-20,32H,2-3H2,1H3,(H,34,44)(H,35,45)(H2,22,24,25)(H3,23,28,29,33)/t7-,8?,9-,12-,13+,14-,19-,20-,42?,43?/m1/s1. The number of thiol groups is 1. The lowest BCUT2D eigenvalue weighted by Gasteiger charge is -2.27. The summed E-state index contributed by atoms with van der Waals surface area (Å²) in [5, 5.41) is 11.2. The number of aromatic amines is 1. The molecular formula is C21H26N10O10P2S2. The molecule has 242 valence electrons. The molecule has 0 aliphatic carbocycles. The molecule has 7 heterocycles. The first-order chi connectivity index (χ1) is 21.3. The number of aromatic nitrogens is 8. The van der Waals surface area contributed by atoms with E-state index >= 15 is 0 Å². The van der Waals surface area contributed by atoms with Crippen molar-refractivity contribution in [2.75, 3.05) is 24.7 Å². The molecule has 3 aliphatic rings. The molecule has 10 atom stereocenters. The second kappa shape index (κ2) is 11.3. The Kier molecular flexibility index (Phi) is 7.78. The highest BCUT2D eigenvalue weighted by Crippen LogP contribution is 2.58. The number of aliphatic hydroxyl groups excluding tert-OH is 1. The summed E-state index contributed by atoms with van der Waals surface area (Å²) < 4.78 is 51.7.